The maximum atomic E-state index is 12.6. The van der Waals surface area contributed by atoms with Gasteiger partial charge in [0.15, 0.2) is 6.61 Å². The minimum absolute atomic E-state index is 0.00229. The van der Waals surface area contributed by atoms with Crippen molar-refractivity contribution in [3.8, 4) is 0 Å². The van der Waals surface area contributed by atoms with Gasteiger partial charge in [0.2, 0.25) is 11.7 Å². The number of carbonyl (C=O) groups is 3. The highest BCUT2D eigenvalue weighted by Crippen LogP contribution is 2.18. The fourth-order valence-electron chi connectivity index (χ4n) is 3.92. The molecule has 1 aliphatic heterocycles. The highest BCUT2D eigenvalue weighted by atomic mass is 16.5. The molecule has 0 saturated carbocycles. The topological polar surface area (TPSA) is 81.0 Å². The third-order valence-electron chi connectivity index (χ3n) is 5.91. The quantitative estimate of drug-likeness (QED) is 0.399. The van der Waals surface area contributed by atoms with Crippen LogP contribution in [0.3, 0.4) is 0 Å². The van der Waals surface area contributed by atoms with E-state index in [0.717, 1.165) is 35.6 Å². The van der Waals surface area contributed by atoms with Crippen LogP contribution in [-0.4, -0.2) is 46.1 Å². The van der Waals surface area contributed by atoms with Gasteiger partial charge in [0.05, 0.1) is 18.7 Å². The number of hydrogen-bond donors (Lipinski definition) is 0. The normalized spacial score (nSPS) is 13.4. The van der Waals surface area contributed by atoms with Crippen LogP contribution >= 0.6 is 0 Å². The van der Waals surface area contributed by atoms with Gasteiger partial charge in [-0.2, -0.15) is 5.10 Å². The van der Waals surface area contributed by atoms with E-state index in [9.17, 15) is 14.4 Å². The van der Waals surface area contributed by atoms with E-state index in [-0.39, 0.29) is 31.1 Å². The Kier molecular flexibility index (Phi) is 8.20. The van der Waals surface area contributed by atoms with E-state index in [0.29, 0.717) is 24.4 Å². The molecule has 1 aliphatic rings. The van der Waals surface area contributed by atoms with E-state index >= 15 is 0 Å². The summed E-state index contributed by atoms with van der Waals surface area (Å²) in [4.78, 5) is 37.2. The summed E-state index contributed by atoms with van der Waals surface area (Å²) in [6, 6.07) is 11.6. The number of aromatic nitrogens is 1. The summed E-state index contributed by atoms with van der Waals surface area (Å²) < 4.78 is 7.29. The first-order valence-electron chi connectivity index (χ1n) is 11.5. The van der Waals surface area contributed by atoms with E-state index < -0.39 is 5.97 Å². The molecule has 3 rings (SSSR count). The van der Waals surface area contributed by atoms with Crippen LogP contribution in [0, 0.1) is 19.8 Å². The van der Waals surface area contributed by atoms with E-state index in [1.54, 1.807) is 0 Å². The second-order valence-electron chi connectivity index (χ2n) is 8.88. The third kappa shape index (κ3) is 6.40. The molecule has 0 fully saturated rings. The van der Waals surface area contributed by atoms with Crippen molar-refractivity contribution in [2.75, 3.05) is 13.2 Å². The Morgan fingerprint density at radius 1 is 1.09 bits per heavy atom. The van der Waals surface area contributed by atoms with Crippen LogP contribution in [0.5, 0.6) is 0 Å². The summed E-state index contributed by atoms with van der Waals surface area (Å²) in [6.07, 6.45) is 1.64. The lowest BCUT2D eigenvalue weighted by Crippen LogP contribution is -2.24. The van der Waals surface area contributed by atoms with Crippen molar-refractivity contribution in [2.45, 2.75) is 59.9 Å². The van der Waals surface area contributed by atoms with Crippen LogP contribution in [0.1, 0.15) is 66.8 Å². The van der Waals surface area contributed by atoms with E-state index in [1.165, 1.54) is 5.01 Å². The number of ketones is 1. The molecule has 33 heavy (non-hydrogen) atoms. The summed E-state index contributed by atoms with van der Waals surface area (Å²) >= 11 is 0. The van der Waals surface area contributed by atoms with Crippen molar-refractivity contribution >= 4 is 23.4 Å². The Labute approximate surface area is 195 Å². The Hall–Kier alpha value is -3.22. The van der Waals surface area contributed by atoms with Gasteiger partial charge in [-0.1, -0.05) is 44.2 Å². The lowest BCUT2D eigenvalue weighted by Gasteiger charge is -2.12. The minimum atomic E-state index is -0.559. The Bertz CT molecular complexity index is 1040. The average molecular weight is 452 g/mol. The van der Waals surface area contributed by atoms with Crippen LogP contribution in [0.2, 0.25) is 0 Å². The van der Waals surface area contributed by atoms with Gasteiger partial charge in [-0.3, -0.25) is 14.4 Å². The predicted octanol–water partition coefficient (Wildman–Crippen LogP) is 4.29. The van der Waals surface area contributed by atoms with Gasteiger partial charge in [0.25, 0.3) is 0 Å². The van der Waals surface area contributed by atoms with Gasteiger partial charge >= 0.3 is 5.97 Å². The van der Waals surface area contributed by atoms with Crippen molar-refractivity contribution in [1.29, 1.82) is 0 Å². The summed E-state index contributed by atoms with van der Waals surface area (Å²) in [5.41, 5.74) is 4.36. The number of ether oxygens (including phenoxy) is 1. The second-order valence-corrected chi connectivity index (χ2v) is 8.88. The molecular formula is C26H33N3O4. The average Bonchev–Trinajstić information content (AvgIpc) is 3.40. The zero-order valence-corrected chi connectivity index (χ0v) is 20.0. The molecule has 7 nitrogen and oxygen atoms in total. The molecule has 0 spiro atoms. The van der Waals surface area contributed by atoms with Crippen molar-refractivity contribution in [2.24, 2.45) is 11.0 Å². The molecule has 176 valence electrons. The first kappa shape index (κ1) is 24.4. The maximum Gasteiger partial charge on any atom is 0.306 e. The lowest BCUT2D eigenvalue weighted by atomic mass is 10.1. The predicted molar refractivity (Wildman–Crippen MR) is 127 cm³/mol. The molecule has 0 aliphatic carbocycles. The Morgan fingerprint density at radius 3 is 2.52 bits per heavy atom. The number of esters is 1. The fourth-order valence-corrected chi connectivity index (χ4v) is 3.92. The number of nitrogens with zero attached hydrogens (tertiary/aromatic N) is 3. The number of hydrogen-bond acceptors (Lipinski definition) is 5. The smallest absolute Gasteiger partial charge is 0.306 e. The van der Waals surface area contributed by atoms with Gasteiger partial charge in [-0.25, -0.2) is 5.01 Å². The highest BCUT2D eigenvalue weighted by molar-refractivity contribution is 6.02. The van der Waals surface area contributed by atoms with Crippen molar-refractivity contribution in [3.05, 3.63) is 58.9 Å². The molecule has 0 saturated heterocycles. The van der Waals surface area contributed by atoms with Crippen LogP contribution in [0.15, 0.2) is 41.5 Å². The molecule has 1 aromatic carbocycles. The number of Topliss-reactive ketones (excluding diaryl/α,β-unsaturated/α-hetero) is 1. The Morgan fingerprint density at radius 2 is 1.82 bits per heavy atom. The molecule has 0 atom stereocenters. The van der Waals surface area contributed by atoms with Gasteiger partial charge in [0, 0.05) is 36.3 Å². The third-order valence-corrected chi connectivity index (χ3v) is 5.91. The standard InChI is InChI=1S/C26H33N3O4/c1-18(2)12-14-28-19(3)16-22(20(28)4)24(30)17-33-26(32)11-10-25(31)29-15-13-23(27-29)21-8-6-5-7-9-21/h5-9,16,18H,10-15,17H2,1-4H3. The van der Waals surface area contributed by atoms with Crippen LogP contribution in [0.4, 0.5) is 0 Å². The number of amides is 1. The van der Waals surface area contributed by atoms with E-state index in [4.69, 9.17) is 4.74 Å². The van der Waals surface area contributed by atoms with Crippen LogP contribution in [-0.2, 0) is 20.9 Å². The molecule has 1 aromatic heterocycles. The molecule has 0 N–H and O–H groups in total. The van der Waals surface area contributed by atoms with Gasteiger partial charge < -0.3 is 9.30 Å². The minimum Gasteiger partial charge on any atom is -0.457 e. The van der Waals surface area contributed by atoms with Crippen molar-refractivity contribution in [1.82, 2.24) is 9.58 Å². The van der Waals surface area contributed by atoms with Gasteiger partial charge in [0.1, 0.15) is 0 Å². The number of benzene rings is 1. The number of hydrazone groups is 1. The molecule has 7 heteroatoms. The molecule has 2 aromatic rings. The highest BCUT2D eigenvalue weighted by Gasteiger charge is 2.23. The van der Waals surface area contributed by atoms with Crippen LogP contribution < -0.4 is 0 Å². The first-order chi connectivity index (χ1) is 15.8. The van der Waals surface area contributed by atoms with Gasteiger partial charge in [-0.05, 0) is 37.8 Å². The fraction of sp³-hybridized carbons (Fsp3) is 0.462. The molecule has 0 radical (unpaired) electrons. The summed E-state index contributed by atoms with van der Waals surface area (Å²) in [6.45, 7) is 9.28. The zero-order valence-electron chi connectivity index (χ0n) is 20.0. The first-order valence-corrected chi connectivity index (χ1v) is 11.5. The number of aryl methyl sites for hydroxylation is 1. The van der Waals surface area contributed by atoms with E-state index in [1.807, 2.05) is 50.2 Å². The summed E-state index contributed by atoms with van der Waals surface area (Å²) in [5, 5.41) is 5.80. The molecule has 0 unspecified atom stereocenters. The van der Waals surface area contributed by atoms with Crippen molar-refractivity contribution in [3.63, 3.8) is 0 Å². The summed E-state index contributed by atoms with van der Waals surface area (Å²) in [5.74, 6) is -0.435. The summed E-state index contributed by atoms with van der Waals surface area (Å²) in [7, 11) is 0. The van der Waals surface area contributed by atoms with Crippen LogP contribution in [0.25, 0.3) is 0 Å². The molecular weight excluding hydrogens is 418 g/mol. The SMILES string of the molecule is Cc1cc(C(=O)COC(=O)CCC(=O)N2CCC(c3ccccc3)=N2)c(C)n1CCC(C)C. The largest absolute Gasteiger partial charge is 0.457 e. The number of rotatable bonds is 10. The van der Waals surface area contributed by atoms with Crippen molar-refractivity contribution < 1.29 is 19.1 Å². The molecule has 1 amide bonds. The van der Waals surface area contributed by atoms with E-state index in [2.05, 4.69) is 23.5 Å². The Balaban J connectivity index is 1.46. The maximum absolute atomic E-state index is 12.6. The monoisotopic (exact) mass is 451 g/mol. The van der Waals surface area contributed by atoms with Gasteiger partial charge in [-0.15, -0.1) is 0 Å². The zero-order chi connectivity index (χ0) is 24.0. The number of carbonyl (C=O) groups excluding carboxylic acids is 3. The molecule has 0 bridgehead atoms. The lowest BCUT2D eigenvalue weighted by molar-refractivity contribution is -0.145. The molecule has 2 heterocycles. The second kappa shape index (κ2) is 11.1.